The summed E-state index contributed by atoms with van der Waals surface area (Å²) in [5.41, 5.74) is 3.77. The Morgan fingerprint density at radius 3 is 2.64 bits per heavy atom. The van der Waals surface area contributed by atoms with Gasteiger partial charge < -0.3 is 29.4 Å². The van der Waals surface area contributed by atoms with Crippen molar-refractivity contribution in [3.8, 4) is 22.8 Å². The maximum Gasteiger partial charge on any atom is 0.262 e. The number of ether oxygens (including phenoxy) is 3. The standard InChI is InChI=1S/C24H21N5O4/c30-24-22-19(25-13-26-24)12-18(15-1-6-20-21(11-15)33-14-32-20)28-23(22)27-16-2-4-17(5-3-16)29-7-9-31-10-8-29/h1-6,11-13H,7-10,14H2,(H,27,28)(H,25,26,30). The number of nitrogens with one attached hydrogen (secondary N) is 2. The van der Waals surface area contributed by atoms with Crippen molar-refractivity contribution < 1.29 is 14.2 Å². The number of nitrogens with zero attached hydrogens (tertiary/aromatic N) is 3. The van der Waals surface area contributed by atoms with Gasteiger partial charge in [0.25, 0.3) is 5.56 Å². The minimum atomic E-state index is -0.253. The molecule has 6 rings (SSSR count). The summed E-state index contributed by atoms with van der Waals surface area (Å²) in [7, 11) is 0. The van der Waals surface area contributed by atoms with Crippen LogP contribution in [-0.4, -0.2) is 48.0 Å². The monoisotopic (exact) mass is 443 g/mol. The van der Waals surface area contributed by atoms with E-state index in [2.05, 4.69) is 32.3 Å². The van der Waals surface area contributed by atoms with Crippen molar-refractivity contribution >= 4 is 28.1 Å². The quantitative estimate of drug-likeness (QED) is 0.496. The van der Waals surface area contributed by atoms with E-state index in [4.69, 9.17) is 19.2 Å². The molecule has 0 unspecified atom stereocenters. The number of aromatic amines is 1. The van der Waals surface area contributed by atoms with Gasteiger partial charge in [-0.3, -0.25) is 4.79 Å². The lowest BCUT2D eigenvalue weighted by molar-refractivity contribution is 0.122. The number of fused-ring (bicyclic) bond motifs is 2. The Morgan fingerprint density at radius 1 is 0.970 bits per heavy atom. The summed E-state index contributed by atoms with van der Waals surface area (Å²) in [6, 6.07) is 15.5. The van der Waals surface area contributed by atoms with Crippen LogP contribution in [0.15, 0.2) is 59.7 Å². The normalized spacial score (nSPS) is 15.1. The van der Waals surface area contributed by atoms with E-state index in [1.807, 2.05) is 30.3 Å². The molecule has 0 spiro atoms. The van der Waals surface area contributed by atoms with Crippen molar-refractivity contribution in [3.05, 3.63) is 65.2 Å². The van der Waals surface area contributed by atoms with E-state index in [0.29, 0.717) is 33.9 Å². The molecular weight excluding hydrogens is 422 g/mol. The fourth-order valence-electron chi connectivity index (χ4n) is 4.10. The first-order valence-corrected chi connectivity index (χ1v) is 10.7. The van der Waals surface area contributed by atoms with Gasteiger partial charge in [0.2, 0.25) is 6.79 Å². The first-order chi connectivity index (χ1) is 16.2. The number of morpholine rings is 1. The number of rotatable bonds is 4. The first kappa shape index (κ1) is 19.6. The Bertz CT molecular complexity index is 1380. The second kappa shape index (κ2) is 8.10. The Balaban J connectivity index is 1.38. The van der Waals surface area contributed by atoms with E-state index in [0.717, 1.165) is 43.2 Å². The van der Waals surface area contributed by atoms with Gasteiger partial charge in [-0.2, -0.15) is 0 Å². The number of pyridine rings is 1. The Hall–Kier alpha value is -4.11. The summed E-state index contributed by atoms with van der Waals surface area (Å²) in [6.45, 7) is 3.42. The zero-order valence-electron chi connectivity index (χ0n) is 17.7. The van der Waals surface area contributed by atoms with E-state index in [9.17, 15) is 4.79 Å². The van der Waals surface area contributed by atoms with Gasteiger partial charge in [-0.1, -0.05) is 0 Å². The zero-order chi connectivity index (χ0) is 22.2. The fourth-order valence-corrected chi connectivity index (χ4v) is 4.10. The molecule has 4 heterocycles. The number of hydrogen-bond acceptors (Lipinski definition) is 8. The van der Waals surface area contributed by atoms with Gasteiger partial charge in [0.05, 0.1) is 30.8 Å². The molecule has 2 aromatic heterocycles. The molecule has 4 aromatic rings. The van der Waals surface area contributed by atoms with Crippen molar-refractivity contribution in [1.29, 1.82) is 0 Å². The summed E-state index contributed by atoms with van der Waals surface area (Å²) in [5.74, 6) is 1.81. The molecule has 1 saturated heterocycles. The molecule has 2 aliphatic heterocycles. The molecule has 0 bridgehead atoms. The van der Waals surface area contributed by atoms with Crippen molar-refractivity contribution in [3.63, 3.8) is 0 Å². The Labute approximate surface area is 189 Å². The lowest BCUT2D eigenvalue weighted by Crippen LogP contribution is -2.36. The molecule has 2 aromatic carbocycles. The van der Waals surface area contributed by atoms with E-state index in [1.54, 1.807) is 6.07 Å². The molecular formula is C24H21N5O4. The molecule has 33 heavy (non-hydrogen) atoms. The summed E-state index contributed by atoms with van der Waals surface area (Å²) < 4.78 is 16.3. The summed E-state index contributed by atoms with van der Waals surface area (Å²) in [4.78, 5) is 26.7. The lowest BCUT2D eigenvalue weighted by Gasteiger charge is -2.28. The van der Waals surface area contributed by atoms with Crippen LogP contribution in [0.5, 0.6) is 11.5 Å². The first-order valence-electron chi connectivity index (χ1n) is 10.7. The lowest BCUT2D eigenvalue weighted by atomic mass is 10.1. The van der Waals surface area contributed by atoms with Crippen LogP contribution in [0.3, 0.4) is 0 Å². The van der Waals surface area contributed by atoms with E-state index < -0.39 is 0 Å². The Morgan fingerprint density at radius 2 is 1.79 bits per heavy atom. The smallest absolute Gasteiger partial charge is 0.262 e. The Kier molecular flexibility index (Phi) is 4.80. The van der Waals surface area contributed by atoms with Crippen LogP contribution in [0.1, 0.15) is 0 Å². The van der Waals surface area contributed by atoms with E-state index in [1.165, 1.54) is 6.33 Å². The third-order valence-corrected chi connectivity index (χ3v) is 5.80. The molecule has 0 atom stereocenters. The molecule has 9 nitrogen and oxygen atoms in total. The molecule has 0 amide bonds. The molecule has 1 fully saturated rings. The third-order valence-electron chi connectivity index (χ3n) is 5.80. The molecule has 2 aliphatic rings. The molecule has 9 heteroatoms. The maximum absolute atomic E-state index is 12.6. The largest absolute Gasteiger partial charge is 0.454 e. The fraction of sp³-hybridized carbons (Fsp3) is 0.208. The average Bonchev–Trinajstić information content (AvgIpc) is 3.33. The minimum Gasteiger partial charge on any atom is -0.454 e. The van der Waals surface area contributed by atoms with Gasteiger partial charge in [-0.15, -0.1) is 0 Å². The van der Waals surface area contributed by atoms with Gasteiger partial charge in [0.15, 0.2) is 11.5 Å². The highest BCUT2D eigenvalue weighted by Crippen LogP contribution is 2.36. The van der Waals surface area contributed by atoms with Crippen LogP contribution in [0, 0.1) is 0 Å². The van der Waals surface area contributed by atoms with Crippen molar-refractivity contribution in [2.75, 3.05) is 43.3 Å². The number of aromatic nitrogens is 3. The average molecular weight is 443 g/mol. The molecule has 166 valence electrons. The molecule has 0 radical (unpaired) electrons. The van der Waals surface area contributed by atoms with Crippen LogP contribution < -0.4 is 25.2 Å². The highest BCUT2D eigenvalue weighted by Gasteiger charge is 2.17. The molecule has 0 saturated carbocycles. The topological polar surface area (TPSA) is 102 Å². The predicted octanol–water partition coefficient (Wildman–Crippen LogP) is 3.29. The summed E-state index contributed by atoms with van der Waals surface area (Å²) in [6.07, 6.45) is 1.40. The molecule has 2 N–H and O–H groups in total. The van der Waals surface area contributed by atoms with Crippen LogP contribution in [-0.2, 0) is 4.74 Å². The van der Waals surface area contributed by atoms with E-state index in [-0.39, 0.29) is 12.4 Å². The second-order valence-electron chi connectivity index (χ2n) is 7.82. The van der Waals surface area contributed by atoms with Crippen LogP contribution >= 0.6 is 0 Å². The predicted molar refractivity (Wildman–Crippen MR) is 124 cm³/mol. The highest BCUT2D eigenvalue weighted by atomic mass is 16.7. The summed E-state index contributed by atoms with van der Waals surface area (Å²) in [5, 5.41) is 3.71. The number of anilines is 3. The van der Waals surface area contributed by atoms with Gasteiger partial charge in [0, 0.05) is 30.0 Å². The number of H-pyrrole nitrogens is 1. The summed E-state index contributed by atoms with van der Waals surface area (Å²) >= 11 is 0. The van der Waals surface area contributed by atoms with Crippen molar-refractivity contribution in [2.24, 2.45) is 0 Å². The van der Waals surface area contributed by atoms with Crippen LogP contribution in [0.25, 0.3) is 22.2 Å². The van der Waals surface area contributed by atoms with Gasteiger partial charge in [0.1, 0.15) is 11.2 Å². The second-order valence-corrected chi connectivity index (χ2v) is 7.82. The third kappa shape index (κ3) is 3.72. The maximum atomic E-state index is 12.6. The molecule has 0 aliphatic carbocycles. The minimum absolute atomic E-state index is 0.203. The highest BCUT2D eigenvalue weighted by molar-refractivity contribution is 5.93. The van der Waals surface area contributed by atoms with Gasteiger partial charge in [-0.25, -0.2) is 9.97 Å². The number of benzene rings is 2. The SMILES string of the molecule is O=c1[nH]cnc2cc(-c3ccc4c(c3)OCO4)nc(Nc3ccc(N4CCOCC4)cc3)c12. The van der Waals surface area contributed by atoms with Crippen LogP contribution in [0.2, 0.25) is 0 Å². The van der Waals surface area contributed by atoms with Crippen LogP contribution in [0.4, 0.5) is 17.2 Å². The van der Waals surface area contributed by atoms with Crippen molar-refractivity contribution in [2.45, 2.75) is 0 Å². The zero-order valence-corrected chi connectivity index (χ0v) is 17.7. The number of hydrogen-bond donors (Lipinski definition) is 2. The van der Waals surface area contributed by atoms with Gasteiger partial charge in [-0.05, 0) is 48.5 Å². The van der Waals surface area contributed by atoms with E-state index >= 15 is 0 Å². The van der Waals surface area contributed by atoms with Crippen molar-refractivity contribution in [1.82, 2.24) is 15.0 Å². The van der Waals surface area contributed by atoms with Gasteiger partial charge >= 0.3 is 0 Å².